The zero-order valence-electron chi connectivity index (χ0n) is 14.7. The second kappa shape index (κ2) is 8.63. The van der Waals surface area contributed by atoms with Crippen LogP contribution in [0.5, 0.6) is 0 Å². The van der Waals surface area contributed by atoms with Gasteiger partial charge in [-0.3, -0.25) is 19.7 Å². The monoisotopic (exact) mass is 439 g/mol. The number of benzene rings is 1. The molecule has 0 radical (unpaired) electrons. The zero-order valence-corrected chi connectivity index (χ0v) is 15.5. The fourth-order valence-corrected chi connectivity index (χ4v) is 4.22. The Morgan fingerprint density at radius 2 is 2.00 bits per heavy atom. The maximum absolute atomic E-state index is 12.7. The fraction of sp³-hybridized carbons (Fsp3) is 0.467. The molecule has 2 rings (SSSR count). The molecule has 2 N–H and O–H groups in total. The number of rotatable bonds is 7. The number of nitro groups is 1. The van der Waals surface area contributed by atoms with Gasteiger partial charge >= 0.3 is 12.1 Å². The van der Waals surface area contributed by atoms with Crippen molar-refractivity contribution in [2.75, 3.05) is 30.0 Å². The smallest absolute Gasteiger partial charge is 0.416 e. The number of hydrogen-bond donors (Lipinski definition) is 2. The highest BCUT2D eigenvalue weighted by molar-refractivity contribution is 7.91. The summed E-state index contributed by atoms with van der Waals surface area (Å²) < 4.78 is 65.2. The Labute approximate surface area is 162 Å². The number of ether oxygens (including phenoxy) is 1. The van der Waals surface area contributed by atoms with Crippen LogP contribution in [0.1, 0.15) is 12.0 Å². The molecule has 1 fully saturated rings. The van der Waals surface area contributed by atoms with Crippen LogP contribution >= 0.6 is 0 Å². The first-order chi connectivity index (χ1) is 13.4. The fourth-order valence-electron chi connectivity index (χ4n) is 2.55. The van der Waals surface area contributed by atoms with Gasteiger partial charge in [0, 0.05) is 12.1 Å². The summed E-state index contributed by atoms with van der Waals surface area (Å²) in [4.78, 5) is 33.2. The number of anilines is 1. The number of hydrogen-bond acceptors (Lipinski definition) is 8. The van der Waals surface area contributed by atoms with Gasteiger partial charge in [-0.2, -0.15) is 13.2 Å². The van der Waals surface area contributed by atoms with Crippen molar-refractivity contribution in [2.24, 2.45) is 0 Å². The van der Waals surface area contributed by atoms with Crippen LogP contribution in [0.4, 0.5) is 24.5 Å². The van der Waals surface area contributed by atoms with Crippen LogP contribution in [0.3, 0.4) is 0 Å². The van der Waals surface area contributed by atoms with Gasteiger partial charge in [0.15, 0.2) is 16.4 Å². The third kappa shape index (κ3) is 6.58. The molecule has 0 saturated carbocycles. The number of nitro benzene ring substituents is 1. The first kappa shape index (κ1) is 22.4. The number of esters is 1. The molecule has 1 aliphatic rings. The Bertz CT molecular complexity index is 918. The predicted molar refractivity (Wildman–Crippen MR) is 92.7 cm³/mol. The molecule has 1 unspecified atom stereocenters. The van der Waals surface area contributed by atoms with Crippen LogP contribution in [0.2, 0.25) is 0 Å². The molecule has 1 atom stereocenters. The van der Waals surface area contributed by atoms with Crippen molar-refractivity contribution in [2.45, 2.75) is 18.6 Å². The number of amides is 1. The number of carbonyl (C=O) groups excluding carboxylic acids is 2. The van der Waals surface area contributed by atoms with Crippen LogP contribution in [0.15, 0.2) is 18.2 Å². The highest BCUT2D eigenvalue weighted by Crippen LogP contribution is 2.34. The van der Waals surface area contributed by atoms with Crippen molar-refractivity contribution in [3.05, 3.63) is 33.9 Å². The number of sulfone groups is 1. The van der Waals surface area contributed by atoms with E-state index >= 15 is 0 Å². The number of halogens is 3. The largest absolute Gasteiger partial charge is 0.454 e. The van der Waals surface area contributed by atoms with Gasteiger partial charge in [-0.05, 0) is 18.6 Å². The van der Waals surface area contributed by atoms with E-state index < -0.39 is 63.3 Å². The molecule has 14 heteroatoms. The number of nitrogens with zero attached hydrogens (tertiary/aromatic N) is 1. The predicted octanol–water partition coefficient (Wildman–Crippen LogP) is 0.872. The van der Waals surface area contributed by atoms with Crippen LogP contribution in [-0.2, 0) is 30.3 Å². The van der Waals surface area contributed by atoms with Gasteiger partial charge < -0.3 is 15.4 Å². The molecule has 0 bridgehead atoms. The second-order valence-corrected chi connectivity index (χ2v) is 8.40. The van der Waals surface area contributed by atoms with Gasteiger partial charge in [-0.25, -0.2) is 8.42 Å². The van der Waals surface area contributed by atoms with E-state index in [-0.39, 0.29) is 23.6 Å². The SMILES string of the molecule is O=C(COC(=O)CNc1ccc(C(F)(F)F)cc1[N+](=O)[O-])NC1CCS(=O)(=O)C1. The summed E-state index contributed by atoms with van der Waals surface area (Å²) in [5.41, 5.74) is -2.43. The third-order valence-electron chi connectivity index (χ3n) is 3.91. The van der Waals surface area contributed by atoms with Gasteiger partial charge in [0.05, 0.1) is 22.0 Å². The van der Waals surface area contributed by atoms with Crippen LogP contribution < -0.4 is 10.6 Å². The van der Waals surface area contributed by atoms with Crippen LogP contribution in [0, 0.1) is 10.1 Å². The molecule has 160 valence electrons. The Balaban J connectivity index is 1.86. The topological polar surface area (TPSA) is 145 Å². The molecule has 0 aromatic heterocycles. The summed E-state index contributed by atoms with van der Waals surface area (Å²) in [5.74, 6) is -1.96. The van der Waals surface area contributed by atoms with E-state index in [4.69, 9.17) is 0 Å². The van der Waals surface area contributed by atoms with Gasteiger partial charge in [0.2, 0.25) is 0 Å². The quantitative estimate of drug-likeness (QED) is 0.362. The van der Waals surface area contributed by atoms with Crippen molar-refractivity contribution in [3.8, 4) is 0 Å². The van der Waals surface area contributed by atoms with Gasteiger partial charge in [-0.1, -0.05) is 0 Å². The zero-order chi connectivity index (χ0) is 21.8. The molecule has 0 spiro atoms. The van der Waals surface area contributed by atoms with Gasteiger partial charge in [0.25, 0.3) is 11.6 Å². The van der Waals surface area contributed by atoms with E-state index in [9.17, 15) is 41.3 Å². The second-order valence-electron chi connectivity index (χ2n) is 6.17. The van der Waals surface area contributed by atoms with E-state index in [1.165, 1.54) is 0 Å². The Morgan fingerprint density at radius 3 is 2.55 bits per heavy atom. The highest BCUT2D eigenvalue weighted by Gasteiger charge is 2.33. The van der Waals surface area contributed by atoms with Gasteiger partial charge in [0.1, 0.15) is 12.2 Å². The first-order valence-electron chi connectivity index (χ1n) is 8.12. The van der Waals surface area contributed by atoms with Crippen molar-refractivity contribution < 1.29 is 40.8 Å². The highest BCUT2D eigenvalue weighted by atomic mass is 32.2. The number of nitrogens with one attached hydrogen (secondary N) is 2. The lowest BCUT2D eigenvalue weighted by Crippen LogP contribution is -2.38. The average molecular weight is 439 g/mol. The van der Waals surface area contributed by atoms with E-state index in [0.717, 1.165) is 6.07 Å². The molecular weight excluding hydrogens is 423 g/mol. The summed E-state index contributed by atoms with van der Waals surface area (Å²) in [7, 11) is -3.19. The summed E-state index contributed by atoms with van der Waals surface area (Å²) in [5, 5.41) is 15.6. The van der Waals surface area contributed by atoms with Crippen molar-refractivity contribution in [1.82, 2.24) is 5.32 Å². The number of carbonyl (C=O) groups is 2. The molecule has 1 aromatic rings. The van der Waals surface area contributed by atoms with Crippen molar-refractivity contribution in [1.29, 1.82) is 0 Å². The molecule has 1 aromatic carbocycles. The maximum atomic E-state index is 12.7. The van der Waals surface area contributed by atoms with Crippen molar-refractivity contribution >= 4 is 33.1 Å². The van der Waals surface area contributed by atoms with E-state index in [0.29, 0.717) is 12.1 Å². The molecule has 1 aliphatic heterocycles. The van der Waals surface area contributed by atoms with Crippen LogP contribution in [-0.4, -0.2) is 55.9 Å². The Hall–Kier alpha value is -2.90. The molecule has 1 heterocycles. The molecule has 29 heavy (non-hydrogen) atoms. The average Bonchev–Trinajstić information content (AvgIpc) is 2.95. The standard InChI is InChI=1S/C15H16F3N3O7S/c16-15(17,18)9-1-2-11(12(5-9)21(24)25)19-6-14(23)28-7-13(22)20-10-3-4-29(26,27)8-10/h1-2,5,10,19H,3-4,6-8H2,(H,20,22). The minimum Gasteiger partial charge on any atom is -0.454 e. The molecular formula is C15H16F3N3O7S. The number of alkyl halides is 3. The third-order valence-corrected chi connectivity index (χ3v) is 5.67. The lowest BCUT2D eigenvalue weighted by atomic mass is 10.1. The molecule has 10 nitrogen and oxygen atoms in total. The van der Waals surface area contributed by atoms with Gasteiger partial charge in [-0.15, -0.1) is 0 Å². The summed E-state index contributed by atoms with van der Waals surface area (Å²) in [6.07, 6.45) is -4.52. The van der Waals surface area contributed by atoms with E-state index in [1.54, 1.807) is 0 Å². The minimum absolute atomic E-state index is 0.0481. The molecule has 0 aliphatic carbocycles. The van der Waals surface area contributed by atoms with E-state index in [2.05, 4.69) is 15.4 Å². The Kier molecular flexibility index (Phi) is 6.66. The normalized spacial score (nSPS) is 18.1. The maximum Gasteiger partial charge on any atom is 0.416 e. The van der Waals surface area contributed by atoms with Crippen LogP contribution in [0.25, 0.3) is 0 Å². The summed E-state index contributed by atoms with van der Waals surface area (Å²) >= 11 is 0. The molecule has 1 saturated heterocycles. The lowest BCUT2D eigenvalue weighted by Gasteiger charge is -2.12. The Morgan fingerprint density at radius 1 is 1.31 bits per heavy atom. The first-order valence-corrected chi connectivity index (χ1v) is 9.94. The molecule has 1 amide bonds. The minimum atomic E-state index is -4.77. The summed E-state index contributed by atoms with van der Waals surface area (Å²) in [6.45, 7) is -1.34. The lowest BCUT2D eigenvalue weighted by molar-refractivity contribution is -0.384. The van der Waals surface area contributed by atoms with Crippen molar-refractivity contribution in [3.63, 3.8) is 0 Å². The summed E-state index contributed by atoms with van der Waals surface area (Å²) in [6, 6.07) is 1.18. The van der Waals surface area contributed by atoms with E-state index in [1.807, 2.05) is 0 Å².